The van der Waals surface area contributed by atoms with Gasteiger partial charge in [0.15, 0.2) is 0 Å². The van der Waals surface area contributed by atoms with Crippen LogP contribution in [0, 0.1) is 0 Å². The van der Waals surface area contributed by atoms with Crippen molar-refractivity contribution in [2.45, 2.75) is 37.2 Å². The Labute approximate surface area is 141 Å². The molecule has 1 fully saturated rings. The molecular formula is C16H20N4O3S. The molecule has 0 spiro atoms. The summed E-state index contributed by atoms with van der Waals surface area (Å²) < 4.78 is 29.2. The van der Waals surface area contributed by atoms with Crippen LogP contribution in [0.2, 0.25) is 0 Å². The second-order valence-electron chi connectivity index (χ2n) is 5.62. The molecule has 0 aliphatic carbocycles. The van der Waals surface area contributed by atoms with Gasteiger partial charge in [0.05, 0.1) is 11.1 Å². The quantitative estimate of drug-likeness (QED) is 0.885. The molecule has 1 aromatic heterocycles. The maximum Gasteiger partial charge on any atom is 0.246 e. The van der Waals surface area contributed by atoms with E-state index in [2.05, 4.69) is 9.82 Å². The second kappa shape index (κ2) is 6.74. The van der Waals surface area contributed by atoms with Crippen LogP contribution in [0.3, 0.4) is 0 Å². The summed E-state index contributed by atoms with van der Waals surface area (Å²) in [6.07, 6.45) is 2.86. The summed E-state index contributed by atoms with van der Waals surface area (Å²) in [5.41, 5.74) is 0. The van der Waals surface area contributed by atoms with E-state index in [1.54, 1.807) is 40.0 Å². The van der Waals surface area contributed by atoms with E-state index >= 15 is 0 Å². The number of carbonyl (C=O) groups excluding carboxylic acids is 1. The number of carbonyl (C=O) groups is 1. The number of nitrogens with one attached hydrogen (secondary N) is 1. The average Bonchev–Trinajstić information content (AvgIpc) is 3.06. The third-order valence-electron chi connectivity index (χ3n) is 4.06. The van der Waals surface area contributed by atoms with Crippen molar-refractivity contribution in [1.82, 2.24) is 14.5 Å². The lowest BCUT2D eigenvalue weighted by Gasteiger charge is -2.32. The van der Waals surface area contributed by atoms with Crippen LogP contribution in [0.4, 0.5) is 5.82 Å². The molecule has 3 rings (SSSR count). The fourth-order valence-electron chi connectivity index (χ4n) is 2.87. The van der Waals surface area contributed by atoms with E-state index in [0.29, 0.717) is 25.3 Å². The highest BCUT2D eigenvalue weighted by Gasteiger charge is 2.34. The Hall–Kier alpha value is -2.19. The van der Waals surface area contributed by atoms with Crippen molar-refractivity contribution in [1.29, 1.82) is 0 Å². The first-order valence-corrected chi connectivity index (χ1v) is 9.42. The molecule has 1 saturated heterocycles. The van der Waals surface area contributed by atoms with Gasteiger partial charge < -0.3 is 0 Å². The Kier molecular flexibility index (Phi) is 4.68. The van der Waals surface area contributed by atoms with Gasteiger partial charge in [-0.1, -0.05) is 18.2 Å². The predicted molar refractivity (Wildman–Crippen MR) is 90.0 cm³/mol. The molecule has 0 radical (unpaired) electrons. The first-order chi connectivity index (χ1) is 11.5. The fraction of sp³-hybridized carbons (Fsp3) is 0.375. The van der Waals surface area contributed by atoms with Crippen molar-refractivity contribution in [3.8, 4) is 0 Å². The van der Waals surface area contributed by atoms with Crippen molar-refractivity contribution < 1.29 is 13.2 Å². The summed E-state index contributed by atoms with van der Waals surface area (Å²) in [5, 5.41) is 4.18. The molecule has 8 heteroatoms. The van der Waals surface area contributed by atoms with Gasteiger partial charge in [0, 0.05) is 19.2 Å². The Bertz CT molecular complexity index is 817. The lowest BCUT2D eigenvalue weighted by atomic mass is 10.1. The van der Waals surface area contributed by atoms with Crippen LogP contribution >= 0.6 is 0 Å². The van der Waals surface area contributed by atoms with Gasteiger partial charge in [0.2, 0.25) is 15.9 Å². The summed E-state index contributed by atoms with van der Waals surface area (Å²) in [5.74, 6) is 0.460. The number of aromatic nitrogens is 2. The number of piperidine rings is 1. The lowest BCUT2D eigenvalue weighted by molar-refractivity contribution is -0.121. The topological polar surface area (TPSA) is 84.3 Å². The fourth-order valence-corrected chi connectivity index (χ4v) is 4.11. The molecule has 1 aliphatic rings. The van der Waals surface area contributed by atoms with E-state index < -0.39 is 16.1 Å². The Morgan fingerprint density at radius 3 is 2.71 bits per heavy atom. The number of benzene rings is 1. The van der Waals surface area contributed by atoms with Gasteiger partial charge in [-0.15, -0.1) is 0 Å². The van der Waals surface area contributed by atoms with E-state index in [0.717, 1.165) is 6.42 Å². The number of nitrogens with zero attached hydrogens (tertiary/aromatic N) is 3. The molecule has 24 heavy (non-hydrogen) atoms. The number of hydrogen-bond acceptors (Lipinski definition) is 4. The number of amides is 1. The van der Waals surface area contributed by atoms with E-state index in [1.165, 1.54) is 12.1 Å². The molecule has 128 valence electrons. The molecule has 1 amide bonds. The molecule has 0 saturated carbocycles. The molecule has 2 heterocycles. The molecule has 1 unspecified atom stereocenters. The van der Waals surface area contributed by atoms with Crippen LogP contribution in [-0.4, -0.2) is 36.7 Å². The number of rotatable bonds is 5. The minimum atomic E-state index is -3.72. The number of aryl methyl sites for hydroxylation is 1. The van der Waals surface area contributed by atoms with Crippen LogP contribution in [0.25, 0.3) is 0 Å². The normalized spacial score (nSPS) is 18.8. The van der Waals surface area contributed by atoms with Crippen molar-refractivity contribution in [2.75, 3.05) is 11.4 Å². The monoisotopic (exact) mass is 348 g/mol. The molecular weight excluding hydrogens is 328 g/mol. The summed E-state index contributed by atoms with van der Waals surface area (Å²) in [6.45, 7) is 3.15. The van der Waals surface area contributed by atoms with Crippen LogP contribution < -0.4 is 9.62 Å². The highest BCUT2D eigenvalue weighted by atomic mass is 32.2. The van der Waals surface area contributed by atoms with Crippen LogP contribution in [0.1, 0.15) is 19.8 Å². The van der Waals surface area contributed by atoms with Gasteiger partial charge in [0.1, 0.15) is 11.9 Å². The van der Waals surface area contributed by atoms with Crippen molar-refractivity contribution >= 4 is 21.7 Å². The largest absolute Gasteiger partial charge is 0.296 e. The zero-order valence-electron chi connectivity index (χ0n) is 13.4. The van der Waals surface area contributed by atoms with Gasteiger partial charge in [0.25, 0.3) is 0 Å². The Morgan fingerprint density at radius 2 is 2.00 bits per heavy atom. The van der Waals surface area contributed by atoms with Crippen molar-refractivity contribution in [3.63, 3.8) is 0 Å². The summed E-state index contributed by atoms with van der Waals surface area (Å²) in [4.78, 5) is 14.5. The zero-order valence-corrected chi connectivity index (χ0v) is 14.2. The molecule has 0 bridgehead atoms. The van der Waals surface area contributed by atoms with Gasteiger partial charge in [-0.2, -0.15) is 9.82 Å². The van der Waals surface area contributed by atoms with E-state index in [9.17, 15) is 13.2 Å². The first kappa shape index (κ1) is 16.7. The number of anilines is 1. The predicted octanol–water partition coefficient (Wildman–Crippen LogP) is 1.38. The third kappa shape index (κ3) is 3.20. The van der Waals surface area contributed by atoms with Gasteiger partial charge in [-0.05, 0) is 31.9 Å². The van der Waals surface area contributed by atoms with Crippen molar-refractivity contribution in [3.05, 3.63) is 42.6 Å². The zero-order chi connectivity index (χ0) is 17.2. The summed E-state index contributed by atoms with van der Waals surface area (Å²) in [6, 6.07) is 9.10. The molecule has 1 N–H and O–H groups in total. The smallest absolute Gasteiger partial charge is 0.246 e. The van der Waals surface area contributed by atoms with Crippen LogP contribution in [0.15, 0.2) is 47.5 Å². The molecule has 2 aromatic rings. The van der Waals surface area contributed by atoms with Gasteiger partial charge >= 0.3 is 0 Å². The van der Waals surface area contributed by atoms with Gasteiger partial charge in [-0.25, -0.2) is 13.1 Å². The van der Waals surface area contributed by atoms with E-state index in [4.69, 9.17) is 0 Å². The molecule has 1 atom stereocenters. The molecule has 7 nitrogen and oxygen atoms in total. The Morgan fingerprint density at radius 1 is 1.25 bits per heavy atom. The SMILES string of the molecule is CCn1nccc1N1CCCC(NS(=O)(=O)c2ccccc2)C1=O. The summed E-state index contributed by atoms with van der Waals surface area (Å²) >= 11 is 0. The summed E-state index contributed by atoms with van der Waals surface area (Å²) in [7, 11) is -3.72. The number of hydrogen-bond donors (Lipinski definition) is 1. The van der Waals surface area contributed by atoms with E-state index in [-0.39, 0.29) is 10.8 Å². The minimum Gasteiger partial charge on any atom is -0.296 e. The van der Waals surface area contributed by atoms with Gasteiger partial charge in [-0.3, -0.25) is 9.69 Å². The van der Waals surface area contributed by atoms with Crippen molar-refractivity contribution in [2.24, 2.45) is 0 Å². The van der Waals surface area contributed by atoms with Crippen LogP contribution in [-0.2, 0) is 21.4 Å². The first-order valence-electron chi connectivity index (χ1n) is 7.93. The molecule has 1 aromatic carbocycles. The van der Waals surface area contributed by atoms with E-state index in [1.807, 2.05) is 6.92 Å². The maximum atomic E-state index is 12.8. The second-order valence-corrected chi connectivity index (χ2v) is 7.34. The number of sulfonamides is 1. The minimum absolute atomic E-state index is 0.161. The average molecular weight is 348 g/mol. The Balaban J connectivity index is 1.81. The third-order valence-corrected chi connectivity index (χ3v) is 5.55. The van der Waals surface area contributed by atoms with Crippen LogP contribution in [0.5, 0.6) is 0 Å². The highest BCUT2D eigenvalue weighted by molar-refractivity contribution is 7.89. The standard InChI is InChI=1S/C16H20N4O3S/c1-2-20-15(10-11-17-20)19-12-6-9-14(16(19)21)18-24(22,23)13-7-4-3-5-8-13/h3-5,7-8,10-11,14,18H,2,6,9,12H2,1H3. The molecule has 1 aliphatic heterocycles. The maximum absolute atomic E-state index is 12.8. The lowest BCUT2D eigenvalue weighted by Crippen LogP contribution is -2.52. The highest BCUT2D eigenvalue weighted by Crippen LogP contribution is 2.22.